The highest BCUT2D eigenvalue weighted by atomic mass is 16.5. The zero-order valence-electron chi connectivity index (χ0n) is 24.6. The lowest BCUT2D eigenvalue weighted by molar-refractivity contribution is 0.0570. The largest absolute Gasteiger partial charge is 0.493 e. The Kier molecular flexibility index (Phi) is 9.16. The Bertz CT molecular complexity index is 1220. The van der Waals surface area contributed by atoms with Crippen LogP contribution < -0.4 is 9.47 Å². The number of rotatable bonds is 10. The molecule has 1 aliphatic heterocycles. The van der Waals surface area contributed by atoms with E-state index in [0.717, 1.165) is 42.2 Å². The molecule has 0 atom stereocenters. The van der Waals surface area contributed by atoms with Gasteiger partial charge in [-0.3, -0.25) is 9.80 Å². The summed E-state index contributed by atoms with van der Waals surface area (Å²) in [6.45, 7) is 11.3. The van der Waals surface area contributed by atoms with Crippen molar-refractivity contribution in [3.8, 4) is 22.8 Å². The number of aromatic nitrogens is 1. The summed E-state index contributed by atoms with van der Waals surface area (Å²) in [6, 6.07) is 14.0. The minimum absolute atomic E-state index is 0.405. The second kappa shape index (κ2) is 12.8. The van der Waals surface area contributed by atoms with E-state index >= 15 is 0 Å². The standard InChI is InChI=1S/C33H47N3O3/c1-23(2)32-28-21-25(8-12-29(28)34-33(32)26-9-13-30(38-4)31(22-26)39-5)20-24-6-10-27(11-7-24)36-16-14-35(15-17-36)18-19-37-3/h8-9,12-13,21-24,27,34H,6-7,10-11,14-20H2,1-5H3. The van der Waals surface area contributed by atoms with Gasteiger partial charge in [0.2, 0.25) is 0 Å². The predicted octanol–water partition coefficient (Wildman–Crippen LogP) is 6.34. The molecule has 0 amide bonds. The molecule has 212 valence electrons. The normalized spacial score (nSPS) is 21.1. The Balaban J connectivity index is 1.25. The van der Waals surface area contributed by atoms with Crippen LogP contribution in [0.4, 0.5) is 0 Å². The van der Waals surface area contributed by atoms with Crippen LogP contribution in [-0.2, 0) is 11.2 Å². The summed E-state index contributed by atoms with van der Waals surface area (Å²) in [4.78, 5) is 9.03. The topological polar surface area (TPSA) is 50.0 Å². The lowest BCUT2D eigenvalue weighted by Gasteiger charge is -2.42. The van der Waals surface area contributed by atoms with Crippen molar-refractivity contribution < 1.29 is 14.2 Å². The maximum Gasteiger partial charge on any atom is 0.161 e. The van der Waals surface area contributed by atoms with E-state index in [1.807, 2.05) is 6.07 Å². The molecule has 0 unspecified atom stereocenters. The van der Waals surface area contributed by atoms with Gasteiger partial charge in [-0.1, -0.05) is 19.9 Å². The number of benzene rings is 2. The molecule has 1 saturated carbocycles. The Morgan fingerprint density at radius 3 is 2.28 bits per heavy atom. The van der Waals surface area contributed by atoms with Gasteiger partial charge in [0.1, 0.15) is 0 Å². The summed E-state index contributed by atoms with van der Waals surface area (Å²) in [6.07, 6.45) is 6.55. The van der Waals surface area contributed by atoms with Gasteiger partial charge in [0.05, 0.1) is 26.5 Å². The van der Waals surface area contributed by atoms with Crippen LogP contribution in [0.5, 0.6) is 11.5 Å². The number of methoxy groups -OCH3 is 3. The van der Waals surface area contributed by atoms with E-state index in [-0.39, 0.29) is 0 Å². The fourth-order valence-corrected chi connectivity index (χ4v) is 6.83. The van der Waals surface area contributed by atoms with Crippen molar-refractivity contribution in [2.45, 2.75) is 57.9 Å². The van der Waals surface area contributed by atoms with Crippen LogP contribution in [0.1, 0.15) is 56.6 Å². The van der Waals surface area contributed by atoms with Gasteiger partial charge < -0.3 is 19.2 Å². The zero-order valence-corrected chi connectivity index (χ0v) is 24.6. The van der Waals surface area contributed by atoms with Gasteiger partial charge in [-0.05, 0) is 85.4 Å². The van der Waals surface area contributed by atoms with Crippen LogP contribution in [0, 0.1) is 5.92 Å². The third-order valence-corrected chi connectivity index (χ3v) is 9.03. The van der Waals surface area contributed by atoms with Crippen molar-refractivity contribution >= 4 is 10.9 Å². The summed E-state index contributed by atoms with van der Waals surface area (Å²) in [5, 5.41) is 1.35. The third-order valence-electron chi connectivity index (χ3n) is 9.03. The summed E-state index contributed by atoms with van der Waals surface area (Å²) in [7, 11) is 5.17. The van der Waals surface area contributed by atoms with E-state index in [1.54, 1.807) is 21.3 Å². The zero-order chi connectivity index (χ0) is 27.4. The highest BCUT2D eigenvalue weighted by Crippen LogP contribution is 2.40. The fourth-order valence-electron chi connectivity index (χ4n) is 6.83. The number of ether oxygens (including phenoxy) is 3. The number of hydrogen-bond acceptors (Lipinski definition) is 5. The van der Waals surface area contributed by atoms with Crippen LogP contribution in [-0.4, -0.2) is 81.5 Å². The average Bonchev–Trinajstić information content (AvgIpc) is 3.35. The van der Waals surface area contributed by atoms with Crippen molar-refractivity contribution in [3.05, 3.63) is 47.5 Å². The van der Waals surface area contributed by atoms with Gasteiger partial charge in [0.15, 0.2) is 11.5 Å². The Morgan fingerprint density at radius 2 is 1.62 bits per heavy atom. The maximum absolute atomic E-state index is 5.59. The number of fused-ring (bicyclic) bond motifs is 1. The molecule has 0 bridgehead atoms. The smallest absolute Gasteiger partial charge is 0.161 e. The molecule has 2 heterocycles. The Morgan fingerprint density at radius 1 is 0.872 bits per heavy atom. The predicted molar refractivity (Wildman–Crippen MR) is 160 cm³/mol. The summed E-state index contributed by atoms with van der Waals surface area (Å²) in [5.74, 6) is 2.70. The van der Waals surface area contributed by atoms with E-state index in [1.165, 1.54) is 86.0 Å². The molecule has 3 aromatic rings. The molecule has 39 heavy (non-hydrogen) atoms. The number of piperazine rings is 1. The van der Waals surface area contributed by atoms with E-state index in [2.05, 4.69) is 59.0 Å². The van der Waals surface area contributed by atoms with Crippen molar-refractivity contribution in [2.24, 2.45) is 5.92 Å². The molecule has 0 spiro atoms. The molecule has 1 aliphatic carbocycles. The van der Waals surface area contributed by atoms with E-state index < -0.39 is 0 Å². The SMILES string of the molecule is COCCN1CCN(C2CCC(Cc3ccc4[nH]c(-c5ccc(OC)c(OC)c5)c(C(C)C)c4c3)CC2)CC1. The van der Waals surface area contributed by atoms with Gasteiger partial charge in [-0.15, -0.1) is 0 Å². The minimum Gasteiger partial charge on any atom is -0.493 e. The first-order valence-corrected chi connectivity index (χ1v) is 14.8. The highest BCUT2D eigenvalue weighted by molar-refractivity contribution is 5.92. The fraction of sp³-hybridized carbons (Fsp3) is 0.576. The number of hydrogen-bond donors (Lipinski definition) is 1. The summed E-state index contributed by atoms with van der Waals surface area (Å²) >= 11 is 0. The van der Waals surface area contributed by atoms with Gasteiger partial charge in [0, 0.05) is 62.3 Å². The van der Waals surface area contributed by atoms with E-state index in [4.69, 9.17) is 14.2 Å². The van der Waals surface area contributed by atoms with Crippen molar-refractivity contribution in [1.29, 1.82) is 0 Å². The first-order chi connectivity index (χ1) is 19.0. The van der Waals surface area contributed by atoms with Crippen LogP contribution in [0.15, 0.2) is 36.4 Å². The number of aromatic amines is 1. The molecule has 1 N–H and O–H groups in total. The second-order valence-corrected chi connectivity index (χ2v) is 11.8. The molecule has 6 heteroatoms. The number of H-pyrrole nitrogens is 1. The molecule has 2 fully saturated rings. The van der Waals surface area contributed by atoms with Gasteiger partial charge in [-0.2, -0.15) is 0 Å². The van der Waals surface area contributed by atoms with Crippen molar-refractivity contribution in [3.63, 3.8) is 0 Å². The minimum atomic E-state index is 0.405. The van der Waals surface area contributed by atoms with Crippen molar-refractivity contribution in [2.75, 3.05) is 60.7 Å². The monoisotopic (exact) mass is 533 g/mol. The molecule has 0 radical (unpaired) electrons. The van der Waals surface area contributed by atoms with Crippen LogP contribution in [0.25, 0.3) is 22.2 Å². The molecule has 6 nitrogen and oxygen atoms in total. The van der Waals surface area contributed by atoms with Crippen molar-refractivity contribution in [1.82, 2.24) is 14.8 Å². The molecule has 5 rings (SSSR count). The molecular weight excluding hydrogens is 486 g/mol. The van der Waals surface area contributed by atoms with E-state index in [9.17, 15) is 0 Å². The first kappa shape index (κ1) is 28.0. The van der Waals surface area contributed by atoms with E-state index in [0.29, 0.717) is 5.92 Å². The Labute approximate surface area is 234 Å². The molecule has 1 aromatic heterocycles. The Hall–Kier alpha value is -2.54. The number of nitrogens with one attached hydrogen (secondary N) is 1. The highest BCUT2D eigenvalue weighted by Gasteiger charge is 2.28. The number of nitrogens with zero attached hydrogens (tertiary/aromatic N) is 2. The quantitative estimate of drug-likeness (QED) is 0.330. The van der Waals surface area contributed by atoms with Crippen LogP contribution in [0.3, 0.4) is 0 Å². The van der Waals surface area contributed by atoms with Gasteiger partial charge in [0.25, 0.3) is 0 Å². The summed E-state index contributed by atoms with van der Waals surface area (Å²) in [5.41, 5.74) is 6.37. The van der Waals surface area contributed by atoms with Gasteiger partial charge in [-0.25, -0.2) is 0 Å². The maximum atomic E-state index is 5.59. The molecule has 1 saturated heterocycles. The second-order valence-electron chi connectivity index (χ2n) is 11.8. The average molecular weight is 534 g/mol. The molecule has 2 aromatic carbocycles. The van der Waals surface area contributed by atoms with Crippen LogP contribution in [0.2, 0.25) is 0 Å². The lowest BCUT2D eigenvalue weighted by atomic mass is 9.81. The molecule has 2 aliphatic rings. The summed E-state index contributed by atoms with van der Waals surface area (Å²) < 4.78 is 16.3. The first-order valence-electron chi connectivity index (χ1n) is 14.8. The third kappa shape index (κ3) is 6.29. The van der Waals surface area contributed by atoms with Gasteiger partial charge >= 0.3 is 0 Å². The van der Waals surface area contributed by atoms with Crippen LogP contribution >= 0.6 is 0 Å². The lowest BCUT2D eigenvalue weighted by Crippen LogP contribution is -2.51. The molecular formula is C33H47N3O3.